The summed E-state index contributed by atoms with van der Waals surface area (Å²) in [6.45, 7) is 7.87. The van der Waals surface area contributed by atoms with Gasteiger partial charge in [-0.2, -0.15) is 0 Å². The minimum atomic E-state index is -2.75. The van der Waals surface area contributed by atoms with Gasteiger partial charge in [-0.05, 0) is 25.3 Å². The van der Waals surface area contributed by atoms with Crippen LogP contribution in [0.25, 0.3) is 0 Å². The predicted molar refractivity (Wildman–Crippen MR) is 72.0 cm³/mol. The van der Waals surface area contributed by atoms with E-state index in [0.717, 1.165) is 25.9 Å². The van der Waals surface area contributed by atoms with Gasteiger partial charge in [0, 0.05) is 26.2 Å². The van der Waals surface area contributed by atoms with Crippen LogP contribution in [-0.4, -0.2) is 58.1 Å². The van der Waals surface area contributed by atoms with Gasteiger partial charge in [0.2, 0.25) is 0 Å². The molecule has 102 valence electrons. The van der Waals surface area contributed by atoms with Crippen LogP contribution in [0.15, 0.2) is 0 Å². The highest BCUT2D eigenvalue weighted by Crippen LogP contribution is 2.27. The second kappa shape index (κ2) is 6.16. The summed E-state index contributed by atoms with van der Waals surface area (Å²) in [5.74, 6) is 0.659. The van der Waals surface area contributed by atoms with Crippen molar-refractivity contribution in [3.63, 3.8) is 0 Å². The second-order valence-electron chi connectivity index (χ2n) is 5.17. The summed E-state index contributed by atoms with van der Waals surface area (Å²) in [7, 11) is -0.767. The van der Waals surface area contributed by atoms with Crippen LogP contribution in [0.2, 0.25) is 0 Å². The zero-order valence-corrected chi connectivity index (χ0v) is 12.1. The highest BCUT2D eigenvalue weighted by atomic mass is 32.2. The Kier molecular flexibility index (Phi) is 5.41. The summed E-state index contributed by atoms with van der Waals surface area (Å²) in [5.41, 5.74) is 0.288. The SMILES string of the molecule is CCC(CC)(CNC)CN1CCS(=O)(=O)CC1. The molecule has 0 bridgehead atoms. The van der Waals surface area contributed by atoms with Crippen molar-refractivity contribution in [3.8, 4) is 0 Å². The van der Waals surface area contributed by atoms with E-state index in [-0.39, 0.29) is 5.41 Å². The lowest BCUT2D eigenvalue weighted by molar-refractivity contribution is 0.144. The van der Waals surface area contributed by atoms with Gasteiger partial charge in [0.15, 0.2) is 9.84 Å². The molecular weight excluding hydrogens is 236 g/mol. The maximum atomic E-state index is 11.4. The van der Waals surface area contributed by atoms with Crippen molar-refractivity contribution in [1.29, 1.82) is 0 Å². The van der Waals surface area contributed by atoms with Crippen molar-refractivity contribution in [2.75, 3.05) is 44.7 Å². The standard InChI is InChI=1S/C12H26N2O2S/c1-4-12(5-2,10-13-3)11-14-6-8-17(15,16)9-7-14/h13H,4-11H2,1-3H3. The van der Waals surface area contributed by atoms with E-state index in [1.807, 2.05) is 7.05 Å². The van der Waals surface area contributed by atoms with E-state index in [9.17, 15) is 8.42 Å². The fourth-order valence-electron chi connectivity index (χ4n) is 2.54. The first-order valence-electron chi connectivity index (χ1n) is 6.54. The van der Waals surface area contributed by atoms with Crippen LogP contribution >= 0.6 is 0 Å². The predicted octanol–water partition coefficient (Wildman–Crippen LogP) is 0.743. The topological polar surface area (TPSA) is 49.4 Å². The van der Waals surface area contributed by atoms with Crippen molar-refractivity contribution in [3.05, 3.63) is 0 Å². The smallest absolute Gasteiger partial charge is 0.152 e. The molecule has 0 saturated carbocycles. The first-order chi connectivity index (χ1) is 7.97. The van der Waals surface area contributed by atoms with Crippen molar-refractivity contribution in [2.24, 2.45) is 5.41 Å². The molecule has 0 aromatic heterocycles. The molecule has 0 amide bonds. The largest absolute Gasteiger partial charge is 0.319 e. The molecule has 17 heavy (non-hydrogen) atoms. The molecule has 1 aliphatic rings. The number of nitrogens with zero attached hydrogens (tertiary/aromatic N) is 1. The number of sulfone groups is 1. The Labute approximate surface area is 106 Å². The molecule has 4 nitrogen and oxygen atoms in total. The fraction of sp³-hybridized carbons (Fsp3) is 1.00. The van der Waals surface area contributed by atoms with E-state index < -0.39 is 9.84 Å². The number of nitrogens with one attached hydrogen (secondary N) is 1. The Balaban J connectivity index is 2.57. The third kappa shape index (κ3) is 4.23. The highest BCUT2D eigenvalue weighted by molar-refractivity contribution is 7.91. The number of hydrogen-bond donors (Lipinski definition) is 1. The van der Waals surface area contributed by atoms with Crippen LogP contribution in [-0.2, 0) is 9.84 Å². The Hall–Kier alpha value is -0.130. The highest BCUT2D eigenvalue weighted by Gasteiger charge is 2.30. The molecule has 0 aromatic rings. The minimum absolute atomic E-state index is 0.288. The molecule has 1 N–H and O–H groups in total. The lowest BCUT2D eigenvalue weighted by Gasteiger charge is -2.38. The van der Waals surface area contributed by atoms with E-state index in [4.69, 9.17) is 0 Å². The van der Waals surface area contributed by atoms with Crippen molar-refractivity contribution in [1.82, 2.24) is 10.2 Å². The van der Waals surface area contributed by atoms with Gasteiger partial charge in [-0.25, -0.2) is 8.42 Å². The second-order valence-corrected chi connectivity index (χ2v) is 7.47. The van der Waals surface area contributed by atoms with E-state index >= 15 is 0 Å². The molecule has 0 radical (unpaired) electrons. The van der Waals surface area contributed by atoms with Gasteiger partial charge in [-0.3, -0.25) is 0 Å². The molecule has 1 fully saturated rings. The Morgan fingerprint density at radius 3 is 2.12 bits per heavy atom. The molecule has 1 heterocycles. The zero-order valence-electron chi connectivity index (χ0n) is 11.3. The van der Waals surface area contributed by atoms with Crippen molar-refractivity contribution in [2.45, 2.75) is 26.7 Å². The Bertz CT molecular complexity index is 309. The molecule has 0 aliphatic carbocycles. The molecule has 0 spiro atoms. The third-order valence-corrected chi connectivity index (χ3v) is 5.66. The van der Waals surface area contributed by atoms with E-state index in [1.54, 1.807) is 0 Å². The summed E-state index contributed by atoms with van der Waals surface area (Å²) >= 11 is 0. The molecule has 0 unspecified atom stereocenters. The molecule has 5 heteroatoms. The quantitative estimate of drug-likeness (QED) is 0.767. The summed E-state index contributed by atoms with van der Waals surface area (Å²) in [6, 6.07) is 0. The monoisotopic (exact) mass is 262 g/mol. The third-order valence-electron chi connectivity index (χ3n) is 4.05. The van der Waals surface area contributed by atoms with Gasteiger partial charge in [0.05, 0.1) is 11.5 Å². The fourth-order valence-corrected chi connectivity index (χ4v) is 3.81. The summed E-state index contributed by atoms with van der Waals surface area (Å²) in [5, 5.41) is 3.27. The normalized spacial score (nSPS) is 21.6. The van der Waals surface area contributed by atoms with Gasteiger partial charge >= 0.3 is 0 Å². The van der Waals surface area contributed by atoms with Gasteiger partial charge in [-0.1, -0.05) is 13.8 Å². The van der Waals surface area contributed by atoms with Crippen molar-refractivity contribution >= 4 is 9.84 Å². The Morgan fingerprint density at radius 2 is 1.71 bits per heavy atom. The summed E-state index contributed by atoms with van der Waals surface area (Å²) < 4.78 is 22.8. The van der Waals surface area contributed by atoms with Crippen LogP contribution in [0.4, 0.5) is 0 Å². The molecule has 1 saturated heterocycles. The van der Waals surface area contributed by atoms with Crippen LogP contribution in [0, 0.1) is 5.41 Å². The molecule has 1 rings (SSSR count). The zero-order chi connectivity index (χ0) is 12.9. The van der Waals surface area contributed by atoms with E-state index in [1.165, 1.54) is 0 Å². The van der Waals surface area contributed by atoms with Crippen LogP contribution in [0.3, 0.4) is 0 Å². The van der Waals surface area contributed by atoms with Crippen LogP contribution in [0.1, 0.15) is 26.7 Å². The lowest BCUT2D eigenvalue weighted by atomic mass is 9.81. The minimum Gasteiger partial charge on any atom is -0.319 e. The van der Waals surface area contributed by atoms with E-state index in [0.29, 0.717) is 24.6 Å². The van der Waals surface area contributed by atoms with Gasteiger partial charge < -0.3 is 10.2 Å². The summed E-state index contributed by atoms with van der Waals surface area (Å²) in [4.78, 5) is 2.31. The molecule has 1 aliphatic heterocycles. The molecular formula is C12H26N2O2S. The van der Waals surface area contributed by atoms with Crippen LogP contribution < -0.4 is 5.32 Å². The summed E-state index contributed by atoms with van der Waals surface area (Å²) in [6.07, 6.45) is 2.27. The average molecular weight is 262 g/mol. The number of rotatable bonds is 6. The average Bonchev–Trinajstić information content (AvgIpc) is 2.31. The van der Waals surface area contributed by atoms with Crippen LogP contribution in [0.5, 0.6) is 0 Å². The molecule has 0 atom stereocenters. The van der Waals surface area contributed by atoms with Gasteiger partial charge in [-0.15, -0.1) is 0 Å². The maximum Gasteiger partial charge on any atom is 0.152 e. The number of hydrogen-bond acceptors (Lipinski definition) is 4. The van der Waals surface area contributed by atoms with Gasteiger partial charge in [0.25, 0.3) is 0 Å². The van der Waals surface area contributed by atoms with E-state index in [2.05, 4.69) is 24.1 Å². The molecule has 0 aromatic carbocycles. The Morgan fingerprint density at radius 1 is 1.18 bits per heavy atom. The lowest BCUT2D eigenvalue weighted by Crippen LogP contribution is -2.48. The first kappa shape index (κ1) is 14.9. The maximum absolute atomic E-state index is 11.4. The van der Waals surface area contributed by atoms with Gasteiger partial charge in [0.1, 0.15) is 0 Å². The van der Waals surface area contributed by atoms with Crippen molar-refractivity contribution < 1.29 is 8.42 Å². The first-order valence-corrected chi connectivity index (χ1v) is 8.36.